The van der Waals surface area contributed by atoms with Crippen molar-refractivity contribution in [2.75, 3.05) is 19.7 Å². The first kappa shape index (κ1) is 17.6. The normalized spacial score (nSPS) is 23.2. The molecule has 6 nitrogen and oxygen atoms in total. The fraction of sp³-hybridized carbons (Fsp3) is 0.389. The molecule has 1 amide bonds. The highest BCUT2D eigenvalue weighted by atomic mass is 35.5. The van der Waals surface area contributed by atoms with Crippen LogP contribution in [0.5, 0.6) is 0 Å². The van der Waals surface area contributed by atoms with Gasteiger partial charge in [0.1, 0.15) is 11.8 Å². The van der Waals surface area contributed by atoms with Crippen molar-refractivity contribution in [2.24, 2.45) is 5.92 Å². The van der Waals surface area contributed by atoms with Crippen LogP contribution in [0.15, 0.2) is 35.0 Å². The topological polar surface area (TPSA) is 87.0 Å². The number of pyridine rings is 1. The monoisotopic (exact) mass is 358 g/mol. The third-order valence-corrected chi connectivity index (χ3v) is 4.59. The number of nitriles is 1. The van der Waals surface area contributed by atoms with E-state index in [1.54, 1.807) is 13.0 Å². The zero-order valence-electron chi connectivity index (χ0n) is 13.9. The van der Waals surface area contributed by atoms with Crippen LogP contribution in [0.4, 0.5) is 0 Å². The van der Waals surface area contributed by atoms with Crippen molar-refractivity contribution in [1.82, 2.24) is 15.6 Å². The molecule has 0 bridgehead atoms. The Morgan fingerprint density at radius 2 is 2.36 bits per heavy atom. The lowest BCUT2D eigenvalue weighted by Gasteiger charge is -2.31. The summed E-state index contributed by atoms with van der Waals surface area (Å²) in [7, 11) is 0. The molecule has 1 saturated heterocycles. The number of amides is 1. The van der Waals surface area contributed by atoms with E-state index in [0.717, 1.165) is 13.1 Å². The average molecular weight is 359 g/mol. The number of rotatable bonds is 3. The van der Waals surface area contributed by atoms with E-state index in [1.807, 2.05) is 18.2 Å². The van der Waals surface area contributed by atoms with Crippen LogP contribution in [0.2, 0.25) is 0 Å². The molecule has 1 unspecified atom stereocenters. The molecule has 2 aliphatic rings. The van der Waals surface area contributed by atoms with Gasteiger partial charge in [-0.3, -0.25) is 4.79 Å². The van der Waals surface area contributed by atoms with Crippen LogP contribution in [0.3, 0.4) is 0 Å². The highest BCUT2D eigenvalue weighted by molar-refractivity contribution is 6.30. The number of morpholine rings is 1. The van der Waals surface area contributed by atoms with Gasteiger partial charge < -0.3 is 15.4 Å². The van der Waals surface area contributed by atoms with Gasteiger partial charge in [0, 0.05) is 35.3 Å². The molecule has 1 aromatic rings. The van der Waals surface area contributed by atoms with Gasteiger partial charge in [0.05, 0.1) is 18.4 Å². The quantitative estimate of drug-likeness (QED) is 0.863. The lowest BCUT2D eigenvalue weighted by atomic mass is 9.92. The average Bonchev–Trinajstić information content (AvgIpc) is 2.63. The number of aromatic nitrogens is 1. The molecule has 130 valence electrons. The number of nitrogens with zero attached hydrogens (tertiary/aromatic N) is 2. The maximum Gasteiger partial charge on any atom is 0.255 e. The Labute approximate surface area is 151 Å². The van der Waals surface area contributed by atoms with Crippen molar-refractivity contribution in [3.63, 3.8) is 0 Å². The lowest BCUT2D eigenvalue weighted by molar-refractivity contribution is 0.00325. The Balaban J connectivity index is 1.69. The predicted molar refractivity (Wildman–Crippen MR) is 93.9 cm³/mol. The summed E-state index contributed by atoms with van der Waals surface area (Å²) in [6.45, 7) is 4.11. The SMILES string of the molecule is Cc1cc(C(=O)NC2=C(Cl)CC([C@H]3CNCCO3)C=C2)cc(C#N)n1. The van der Waals surface area contributed by atoms with Crippen molar-refractivity contribution in [2.45, 2.75) is 19.4 Å². The second kappa shape index (κ2) is 7.79. The van der Waals surface area contributed by atoms with E-state index in [2.05, 4.69) is 15.6 Å². The first-order chi connectivity index (χ1) is 12.1. The number of carbonyl (C=O) groups excluding carboxylic acids is 1. The third kappa shape index (κ3) is 4.26. The fourth-order valence-corrected chi connectivity index (χ4v) is 3.26. The predicted octanol–water partition coefficient (Wildman–Crippen LogP) is 2.01. The van der Waals surface area contributed by atoms with E-state index in [4.69, 9.17) is 21.6 Å². The highest BCUT2D eigenvalue weighted by Crippen LogP contribution is 2.29. The van der Waals surface area contributed by atoms with Crippen LogP contribution in [-0.4, -0.2) is 36.7 Å². The van der Waals surface area contributed by atoms with Crippen LogP contribution < -0.4 is 10.6 Å². The number of hydrogen-bond donors (Lipinski definition) is 2. The van der Waals surface area contributed by atoms with Crippen LogP contribution in [0, 0.1) is 24.2 Å². The molecular formula is C18H19ClN4O2. The number of halogens is 1. The first-order valence-electron chi connectivity index (χ1n) is 8.16. The summed E-state index contributed by atoms with van der Waals surface area (Å²) >= 11 is 6.39. The van der Waals surface area contributed by atoms with E-state index in [0.29, 0.717) is 35.0 Å². The summed E-state index contributed by atoms with van der Waals surface area (Å²) in [6, 6.07) is 5.06. The number of aryl methyl sites for hydroxylation is 1. The largest absolute Gasteiger partial charge is 0.375 e. The number of nitrogens with one attached hydrogen (secondary N) is 2. The Hall–Kier alpha value is -2.20. The fourth-order valence-electron chi connectivity index (χ4n) is 2.97. The molecule has 2 N–H and O–H groups in total. The third-order valence-electron chi connectivity index (χ3n) is 4.23. The molecule has 3 rings (SSSR count). The van der Waals surface area contributed by atoms with Crippen LogP contribution in [0.1, 0.15) is 28.2 Å². The van der Waals surface area contributed by atoms with Gasteiger partial charge in [-0.05, 0) is 31.6 Å². The maximum absolute atomic E-state index is 12.5. The molecule has 0 spiro atoms. The zero-order valence-corrected chi connectivity index (χ0v) is 14.6. The summed E-state index contributed by atoms with van der Waals surface area (Å²) in [5.41, 5.74) is 1.80. The number of ether oxygens (including phenoxy) is 1. The van der Waals surface area contributed by atoms with Gasteiger partial charge in [-0.1, -0.05) is 17.7 Å². The Kier molecular flexibility index (Phi) is 5.49. The Bertz CT molecular complexity index is 776. The maximum atomic E-state index is 12.5. The minimum atomic E-state index is -0.311. The van der Waals surface area contributed by atoms with Crippen molar-refractivity contribution in [3.8, 4) is 6.07 Å². The van der Waals surface area contributed by atoms with Crippen molar-refractivity contribution in [3.05, 3.63) is 52.0 Å². The Morgan fingerprint density at radius 3 is 3.04 bits per heavy atom. The zero-order chi connectivity index (χ0) is 17.8. The van der Waals surface area contributed by atoms with Gasteiger partial charge in [0.15, 0.2) is 0 Å². The van der Waals surface area contributed by atoms with Gasteiger partial charge in [-0.25, -0.2) is 4.98 Å². The Morgan fingerprint density at radius 1 is 1.52 bits per heavy atom. The molecule has 1 aromatic heterocycles. The second-order valence-corrected chi connectivity index (χ2v) is 6.56. The lowest BCUT2D eigenvalue weighted by Crippen LogP contribution is -2.42. The minimum Gasteiger partial charge on any atom is -0.375 e. The molecule has 1 aliphatic heterocycles. The van der Waals surface area contributed by atoms with Crippen molar-refractivity contribution < 1.29 is 9.53 Å². The highest BCUT2D eigenvalue weighted by Gasteiger charge is 2.26. The molecule has 7 heteroatoms. The molecular weight excluding hydrogens is 340 g/mol. The van der Waals surface area contributed by atoms with Crippen LogP contribution in [-0.2, 0) is 4.74 Å². The summed E-state index contributed by atoms with van der Waals surface area (Å²) in [5.74, 6) is -0.122. The summed E-state index contributed by atoms with van der Waals surface area (Å²) in [4.78, 5) is 16.5. The van der Waals surface area contributed by atoms with Gasteiger partial charge in [-0.2, -0.15) is 5.26 Å². The molecule has 0 saturated carbocycles. The van der Waals surface area contributed by atoms with Gasteiger partial charge in [0.25, 0.3) is 5.91 Å². The molecule has 0 radical (unpaired) electrons. The molecule has 2 atom stereocenters. The standard InChI is InChI=1S/C18H19ClN4O2/c1-11-6-13(7-14(9-20)22-11)18(24)23-16-3-2-12(8-15(16)19)17-10-21-4-5-25-17/h2-3,6-7,12,17,21H,4-5,8,10H2,1H3,(H,23,24)/t12?,17-/m1/s1. The summed E-state index contributed by atoms with van der Waals surface area (Å²) < 4.78 is 5.77. The van der Waals surface area contributed by atoms with E-state index >= 15 is 0 Å². The number of hydrogen-bond acceptors (Lipinski definition) is 5. The summed E-state index contributed by atoms with van der Waals surface area (Å²) in [6.07, 6.45) is 4.57. The van der Waals surface area contributed by atoms with E-state index in [9.17, 15) is 4.79 Å². The second-order valence-electron chi connectivity index (χ2n) is 6.11. The summed E-state index contributed by atoms with van der Waals surface area (Å²) in [5, 5.41) is 15.7. The molecule has 0 aromatic carbocycles. The van der Waals surface area contributed by atoms with E-state index in [1.165, 1.54) is 6.07 Å². The molecule has 1 aliphatic carbocycles. The van der Waals surface area contributed by atoms with E-state index in [-0.39, 0.29) is 23.6 Å². The first-order valence-corrected chi connectivity index (χ1v) is 8.54. The number of carbonyl (C=O) groups is 1. The number of allylic oxidation sites excluding steroid dienone is 2. The van der Waals surface area contributed by atoms with E-state index < -0.39 is 0 Å². The van der Waals surface area contributed by atoms with Crippen molar-refractivity contribution >= 4 is 17.5 Å². The molecule has 1 fully saturated rings. The smallest absolute Gasteiger partial charge is 0.255 e. The van der Waals surface area contributed by atoms with Crippen molar-refractivity contribution in [1.29, 1.82) is 5.26 Å². The molecule has 25 heavy (non-hydrogen) atoms. The molecule has 2 heterocycles. The van der Waals surface area contributed by atoms with Crippen LogP contribution in [0.25, 0.3) is 0 Å². The minimum absolute atomic E-state index is 0.0945. The van der Waals surface area contributed by atoms with Crippen LogP contribution >= 0.6 is 11.6 Å². The van der Waals surface area contributed by atoms with Gasteiger partial charge in [0.2, 0.25) is 0 Å². The van der Waals surface area contributed by atoms with Gasteiger partial charge in [-0.15, -0.1) is 0 Å². The van der Waals surface area contributed by atoms with Gasteiger partial charge >= 0.3 is 0 Å².